The standard InChI is InChI=1S/C24H26F3N5O3/c1-16-20(14-30-32(16)22-8-5-18(13-28-22)24(25,26)27)23(33)29-15-21(31-9-11-35-12-10-31)17-3-6-19(34-2)7-4-17/h3-8,13-14,21H,9-12,15H2,1-2H3,(H,29,33). The van der Waals surface area contributed by atoms with Gasteiger partial charge in [0.1, 0.15) is 5.75 Å². The number of ether oxygens (including phenoxy) is 2. The number of hydrogen-bond acceptors (Lipinski definition) is 6. The van der Waals surface area contributed by atoms with Crippen molar-refractivity contribution in [1.82, 2.24) is 25.0 Å². The lowest BCUT2D eigenvalue weighted by molar-refractivity contribution is -0.137. The molecule has 2 aromatic heterocycles. The number of amides is 1. The number of aromatic nitrogens is 3. The summed E-state index contributed by atoms with van der Waals surface area (Å²) >= 11 is 0. The third-order valence-corrected chi connectivity index (χ3v) is 5.99. The topological polar surface area (TPSA) is 81.5 Å². The molecule has 1 amide bonds. The SMILES string of the molecule is COc1ccc(C(CNC(=O)c2cnn(-c3ccc(C(F)(F)F)cn3)c2C)N2CCOCC2)cc1. The van der Waals surface area contributed by atoms with Crippen molar-refractivity contribution in [1.29, 1.82) is 0 Å². The van der Waals surface area contributed by atoms with Gasteiger partial charge < -0.3 is 14.8 Å². The number of hydrogen-bond donors (Lipinski definition) is 1. The molecule has 3 heterocycles. The Morgan fingerprint density at radius 3 is 2.46 bits per heavy atom. The molecule has 1 unspecified atom stereocenters. The first-order valence-electron chi connectivity index (χ1n) is 11.1. The lowest BCUT2D eigenvalue weighted by atomic mass is 10.0. The summed E-state index contributed by atoms with van der Waals surface area (Å²) in [4.78, 5) is 19.1. The molecular formula is C24H26F3N5O3. The van der Waals surface area contributed by atoms with Crippen LogP contribution >= 0.6 is 0 Å². The molecule has 1 saturated heterocycles. The van der Waals surface area contributed by atoms with Crippen LogP contribution in [-0.4, -0.2) is 65.5 Å². The van der Waals surface area contributed by atoms with E-state index in [-0.39, 0.29) is 17.8 Å². The Balaban J connectivity index is 1.49. The van der Waals surface area contributed by atoms with Crippen LogP contribution in [0.25, 0.3) is 5.82 Å². The summed E-state index contributed by atoms with van der Waals surface area (Å²) < 4.78 is 50.5. The first-order valence-corrected chi connectivity index (χ1v) is 11.1. The molecule has 0 spiro atoms. The quantitative estimate of drug-likeness (QED) is 0.548. The minimum atomic E-state index is -4.48. The fourth-order valence-corrected chi connectivity index (χ4v) is 4.00. The Bertz CT molecular complexity index is 1140. The van der Waals surface area contributed by atoms with Gasteiger partial charge in [0.2, 0.25) is 0 Å². The van der Waals surface area contributed by atoms with Gasteiger partial charge in [0, 0.05) is 25.8 Å². The van der Waals surface area contributed by atoms with Crippen molar-refractivity contribution in [3.8, 4) is 11.6 Å². The normalized spacial score (nSPS) is 15.6. The predicted molar refractivity (Wildman–Crippen MR) is 122 cm³/mol. The van der Waals surface area contributed by atoms with E-state index < -0.39 is 11.7 Å². The van der Waals surface area contributed by atoms with E-state index in [4.69, 9.17) is 9.47 Å². The molecule has 1 aliphatic rings. The number of rotatable bonds is 7. The van der Waals surface area contributed by atoms with Crippen molar-refractivity contribution in [2.24, 2.45) is 0 Å². The van der Waals surface area contributed by atoms with Gasteiger partial charge in [-0.2, -0.15) is 18.3 Å². The van der Waals surface area contributed by atoms with Crippen molar-refractivity contribution in [3.63, 3.8) is 0 Å². The molecule has 0 radical (unpaired) electrons. The van der Waals surface area contributed by atoms with E-state index in [2.05, 4.69) is 20.3 Å². The molecule has 1 atom stereocenters. The van der Waals surface area contributed by atoms with Gasteiger partial charge >= 0.3 is 6.18 Å². The molecule has 3 aromatic rings. The first kappa shape index (κ1) is 24.7. The molecule has 1 fully saturated rings. The summed E-state index contributed by atoms with van der Waals surface area (Å²) in [6, 6.07) is 9.81. The number of benzene rings is 1. The van der Waals surface area contributed by atoms with Crippen LogP contribution in [0.15, 0.2) is 48.8 Å². The van der Waals surface area contributed by atoms with E-state index in [9.17, 15) is 18.0 Å². The minimum absolute atomic E-state index is 0.0688. The smallest absolute Gasteiger partial charge is 0.417 e. The Kier molecular flexibility index (Phi) is 7.37. The fraction of sp³-hybridized carbons (Fsp3) is 0.375. The van der Waals surface area contributed by atoms with E-state index in [1.165, 1.54) is 16.9 Å². The number of nitrogens with one attached hydrogen (secondary N) is 1. The van der Waals surface area contributed by atoms with E-state index in [1.54, 1.807) is 14.0 Å². The van der Waals surface area contributed by atoms with Gasteiger partial charge in [-0.25, -0.2) is 9.67 Å². The van der Waals surface area contributed by atoms with Gasteiger partial charge in [0.15, 0.2) is 5.82 Å². The number of nitrogens with zero attached hydrogens (tertiary/aromatic N) is 4. The van der Waals surface area contributed by atoms with Crippen molar-refractivity contribution in [2.75, 3.05) is 40.0 Å². The molecule has 0 aliphatic carbocycles. The fourth-order valence-electron chi connectivity index (χ4n) is 4.00. The maximum atomic E-state index is 13.0. The van der Waals surface area contributed by atoms with Gasteiger partial charge in [-0.1, -0.05) is 12.1 Å². The highest BCUT2D eigenvalue weighted by atomic mass is 19.4. The van der Waals surface area contributed by atoms with Crippen LogP contribution in [0, 0.1) is 6.92 Å². The highest BCUT2D eigenvalue weighted by Gasteiger charge is 2.31. The lowest BCUT2D eigenvalue weighted by Crippen LogP contribution is -2.43. The van der Waals surface area contributed by atoms with Gasteiger partial charge in [0.05, 0.1) is 49.4 Å². The van der Waals surface area contributed by atoms with Gasteiger partial charge in [0.25, 0.3) is 5.91 Å². The van der Waals surface area contributed by atoms with Gasteiger partial charge in [-0.05, 0) is 36.8 Å². The van der Waals surface area contributed by atoms with Crippen LogP contribution in [0.5, 0.6) is 5.75 Å². The monoisotopic (exact) mass is 489 g/mol. The highest BCUT2D eigenvalue weighted by molar-refractivity contribution is 5.95. The summed E-state index contributed by atoms with van der Waals surface area (Å²) in [6.07, 6.45) is -2.34. The van der Waals surface area contributed by atoms with E-state index in [0.29, 0.717) is 31.0 Å². The molecule has 8 nitrogen and oxygen atoms in total. The Morgan fingerprint density at radius 1 is 1.14 bits per heavy atom. The van der Waals surface area contributed by atoms with E-state index in [1.807, 2.05) is 24.3 Å². The van der Waals surface area contributed by atoms with Crippen molar-refractivity contribution >= 4 is 5.91 Å². The third kappa shape index (κ3) is 5.63. The molecule has 11 heteroatoms. The second kappa shape index (κ2) is 10.4. The number of carbonyl (C=O) groups excluding carboxylic acids is 1. The molecule has 0 saturated carbocycles. The van der Waals surface area contributed by atoms with Crippen LogP contribution < -0.4 is 10.1 Å². The average Bonchev–Trinajstić information content (AvgIpc) is 3.26. The van der Waals surface area contributed by atoms with Crippen molar-refractivity contribution < 1.29 is 27.4 Å². The van der Waals surface area contributed by atoms with Gasteiger partial charge in [-0.15, -0.1) is 0 Å². The number of alkyl halides is 3. The number of halogens is 3. The summed E-state index contributed by atoms with van der Waals surface area (Å²) in [5, 5.41) is 7.15. The van der Waals surface area contributed by atoms with Crippen LogP contribution in [-0.2, 0) is 10.9 Å². The van der Waals surface area contributed by atoms with Gasteiger partial charge in [-0.3, -0.25) is 9.69 Å². The molecule has 186 valence electrons. The largest absolute Gasteiger partial charge is 0.497 e. The Labute approximate surface area is 200 Å². The molecular weight excluding hydrogens is 463 g/mol. The third-order valence-electron chi connectivity index (χ3n) is 5.99. The maximum Gasteiger partial charge on any atom is 0.417 e. The van der Waals surface area contributed by atoms with Crippen molar-refractivity contribution in [3.05, 3.63) is 71.2 Å². The zero-order valence-corrected chi connectivity index (χ0v) is 19.4. The van der Waals surface area contributed by atoms with Crippen LogP contribution in [0.1, 0.15) is 33.2 Å². The second-order valence-electron chi connectivity index (χ2n) is 8.11. The second-order valence-corrected chi connectivity index (χ2v) is 8.11. The average molecular weight is 489 g/mol. The summed E-state index contributed by atoms with van der Waals surface area (Å²) in [7, 11) is 1.61. The summed E-state index contributed by atoms with van der Waals surface area (Å²) in [6.45, 7) is 4.74. The predicted octanol–water partition coefficient (Wildman–Crippen LogP) is 3.41. The molecule has 1 aliphatic heterocycles. The molecule has 0 bridgehead atoms. The number of carbonyl (C=O) groups is 1. The van der Waals surface area contributed by atoms with E-state index >= 15 is 0 Å². The molecule has 1 aromatic carbocycles. The van der Waals surface area contributed by atoms with E-state index in [0.717, 1.165) is 36.7 Å². The number of morpholine rings is 1. The zero-order valence-electron chi connectivity index (χ0n) is 19.4. The minimum Gasteiger partial charge on any atom is -0.497 e. The Morgan fingerprint density at radius 2 is 1.86 bits per heavy atom. The number of methoxy groups -OCH3 is 1. The summed E-state index contributed by atoms with van der Waals surface area (Å²) in [5.41, 5.74) is 0.982. The van der Waals surface area contributed by atoms with Crippen LogP contribution in [0.2, 0.25) is 0 Å². The highest BCUT2D eigenvalue weighted by Crippen LogP contribution is 2.29. The Hall–Kier alpha value is -3.44. The maximum absolute atomic E-state index is 13.0. The lowest BCUT2D eigenvalue weighted by Gasteiger charge is -2.35. The van der Waals surface area contributed by atoms with Crippen LogP contribution in [0.4, 0.5) is 13.2 Å². The molecule has 4 rings (SSSR count). The first-order chi connectivity index (χ1) is 16.8. The summed E-state index contributed by atoms with van der Waals surface area (Å²) in [5.74, 6) is 0.616. The zero-order chi connectivity index (χ0) is 25.0. The van der Waals surface area contributed by atoms with Crippen molar-refractivity contribution in [2.45, 2.75) is 19.1 Å². The molecule has 35 heavy (non-hydrogen) atoms. The molecule has 1 N–H and O–H groups in total. The number of pyridine rings is 1. The van der Waals surface area contributed by atoms with Crippen LogP contribution in [0.3, 0.4) is 0 Å².